The van der Waals surface area contributed by atoms with Gasteiger partial charge < -0.3 is 30.6 Å². The minimum Gasteiger partial charge on any atom is -0.855 e. The first-order chi connectivity index (χ1) is 8.49. The smallest absolute Gasteiger partial charge is 0.855 e. The van der Waals surface area contributed by atoms with Crippen molar-refractivity contribution in [3.05, 3.63) is 0 Å². The normalized spacial score (nSPS) is 5.40. The first kappa shape index (κ1) is 49.5. The zero-order chi connectivity index (χ0) is 16.2. The molecule has 0 fully saturated rings. The molecular weight excluding hydrogens is 376 g/mol. The van der Waals surface area contributed by atoms with Gasteiger partial charge in [-0.3, -0.25) is 0 Å². The molecule has 120 valence electrons. The molecule has 0 aliphatic rings. The fourth-order valence-corrected chi connectivity index (χ4v) is 0. The molecule has 6 nitrogen and oxygen atoms in total. The molecule has 0 aliphatic carbocycles. The Morgan fingerprint density at radius 2 is 0.400 bits per heavy atom. The Balaban J connectivity index is -0.0000000141. The van der Waals surface area contributed by atoms with Gasteiger partial charge in [-0.15, -0.1) is 39.6 Å². The van der Waals surface area contributed by atoms with Gasteiger partial charge in [0.05, 0.1) is 0 Å². The third-order valence-electron chi connectivity index (χ3n) is 0. The van der Waals surface area contributed by atoms with Crippen molar-refractivity contribution < 1.29 is 52.4 Å². The molecule has 0 saturated heterocycles. The van der Waals surface area contributed by atoms with E-state index < -0.39 is 0 Å². The summed E-state index contributed by atoms with van der Waals surface area (Å²) in [5.74, 6) is 0. The van der Waals surface area contributed by atoms with Gasteiger partial charge in [-0.25, -0.2) is 0 Å². The van der Waals surface area contributed by atoms with Crippen LogP contribution in [-0.2, 0) is 21.7 Å². The van der Waals surface area contributed by atoms with Gasteiger partial charge in [0.2, 0.25) is 0 Å². The van der Waals surface area contributed by atoms with E-state index in [9.17, 15) is 0 Å². The van der Waals surface area contributed by atoms with Crippen molar-refractivity contribution in [1.29, 1.82) is 0 Å². The predicted molar refractivity (Wildman–Crippen MR) is 69.0 cm³/mol. The summed E-state index contributed by atoms with van der Waals surface area (Å²) in [5.41, 5.74) is 0. The van der Waals surface area contributed by atoms with E-state index in [-0.39, 0.29) is 107 Å². The third-order valence-corrected chi connectivity index (χ3v) is 0. The Hall–Kier alpha value is 1.95. The molecule has 0 saturated carbocycles. The van der Waals surface area contributed by atoms with Crippen LogP contribution in [0, 0.1) is 0 Å². The third kappa shape index (κ3) is 1880. The van der Waals surface area contributed by atoms with Crippen LogP contribution in [0.4, 0.5) is 0 Å². The Labute approximate surface area is 177 Å². The molecule has 0 aromatic rings. The fraction of sp³-hybridized carbons (Fsp3) is 1.00. The molecule has 20 heavy (non-hydrogen) atoms. The maximum atomic E-state index is 8.93. The van der Waals surface area contributed by atoms with Crippen molar-refractivity contribution in [3.63, 3.8) is 0 Å². The van der Waals surface area contributed by atoms with Crippen LogP contribution in [0.3, 0.4) is 0 Å². The summed E-state index contributed by atoms with van der Waals surface area (Å²) in [5, 5.41) is 53.6. The summed E-state index contributed by atoms with van der Waals surface area (Å²) in [7, 11) is 0. The van der Waals surface area contributed by atoms with Crippen molar-refractivity contribution in [2.24, 2.45) is 0 Å². The quantitative estimate of drug-likeness (QED) is 0.375. The van der Waals surface area contributed by atoms with E-state index in [0.29, 0.717) is 0 Å². The molecule has 0 unspecified atom stereocenters. The van der Waals surface area contributed by atoms with Crippen molar-refractivity contribution >= 4 is 45.5 Å². The molecule has 0 bridgehead atoms. The van der Waals surface area contributed by atoms with E-state index in [1.807, 2.05) is 0 Å². The molecule has 0 aliphatic heterocycles. The van der Waals surface area contributed by atoms with E-state index >= 15 is 0 Å². The molecule has 0 spiro atoms. The second-order valence-electron chi connectivity index (χ2n) is 1.73. The summed E-state index contributed by atoms with van der Waals surface area (Å²) in [6.45, 7) is 9.42. The van der Waals surface area contributed by atoms with Gasteiger partial charge in [-0.05, 0) is 0 Å². The molecular formula is C12H30O6SrTi. The SMILES string of the molecule is CC[O-].CC[O-].CC[O-].CC[O-].CC[O-].CC[O-].[Sr+2].[Ti+4]. The fourth-order valence-electron chi connectivity index (χ4n) is 0. The van der Waals surface area contributed by atoms with Crippen LogP contribution in [0.2, 0.25) is 0 Å². The maximum Gasteiger partial charge on any atom is 4.00 e. The standard InChI is InChI=1S/6C2H5O.Sr.Ti/c6*1-2-3;;/h6*2H2,1H3;;/q6*-1;+2;+4. The monoisotopic (exact) mass is 406 g/mol. The Bertz CT molecular complexity index is 43.4. The van der Waals surface area contributed by atoms with Gasteiger partial charge in [0, 0.05) is 0 Å². The van der Waals surface area contributed by atoms with Crippen LogP contribution in [0.15, 0.2) is 0 Å². The maximum absolute atomic E-state index is 8.93. The number of hydrogen-bond donors (Lipinski definition) is 0. The molecule has 0 rings (SSSR count). The molecule has 0 amide bonds. The van der Waals surface area contributed by atoms with E-state index in [4.69, 9.17) is 30.6 Å². The first-order valence-electron chi connectivity index (χ1n) is 5.97. The second-order valence-corrected chi connectivity index (χ2v) is 1.73. The molecule has 0 aromatic carbocycles. The van der Waals surface area contributed by atoms with Crippen LogP contribution in [0.25, 0.3) is 0 Å². The average Bonchev–Trinajstić information content (AvgIpc) is 2.23. The van der Waals surface area contributed by atoms with Gasteiger partial charge in [0.25, 0.3) is 0 Å². The molecule has 0 N–H and O–H groups in total. The van der Waals surface area contributed by atoms with Crippen LogP contribution in [0.1, 0.15) is 41.5 Å². The number of rotatable bonds is 0. The predicted octanol–water partition coefficient (Wildman–Crippen LogP) is -4.18. The summed E-state index contributed by atoms with van der Waals surface area (Å²) < 4.78 is 0. The summed E-state index contributed by atoms with van der Waals surface area (Å²) >= 11 is 0. The Kier molecular flexibility index (Phi) is 326. The topological polar surface area (TPSA) is 138 Å². The van der Waals surface area contributed by atoms with E-state index in [1.54, 1.807) is 41.5 Å². The number of hydrogen-bond acceptors (Lipinski definition) is 6. The Morgan fingerprint density at radius 1 is 0.400 bits per heavy atom. The summed E-state index contributed by atoms with van der Waals surface area (Å²) in [4.78, 5) is 0. The van der Waals surface area contributed by atoms with Gasteiger partial charge in [0.15, 0.2) is 0 Å². The zero-order valence-corrected chi connectivity index (χ0v) is 18.9. The molecule has 0 aromatic heterocycles. The van der Waals surface area contributed by atoms with Crippen LogP contribution < -0.4 is 30.6 Å². The van der Waals surface area contributed by atoms with Crippen molar-refractivity contribution in [3.8, 4) is 0 Å². The summed E-state index contributed by atoms with van der Waals surface area (Å²) in [6.07, 6.45) is 0. The van der Waals surface area contributed by atoms with E-state index in [1.165, 1.54) is 0 Å². The van der Waals surface area contributed by atoms with Crippen molar-refractivity contribution in [1.82, 2.24) is 0 Å². The van der Waals surface area contributed by atoms with Crippen molar-refractivity contribution in [2.75, 3.05) is 39.6 Å². The minimum absolute atomic E-state index is 0. The summed E-state index contributed by atoms with van der Waals surface area (Å²) in [6, 6.07) is 0. The second kappa shape index (κ2) is 132. The first-order valence-corrected chi connectivity index (χ1v) is 5.97. The zero-order valence-electron chi connectivity index (χ0n) is 13.9. The van der Waals surface area contributed by atoms with E-state index in [2.05, 4.69) is 0 Å². The molecule has 0 radical (unpaired) electrons. The minimum atomic E-state index is 0. The molecule has 8 heteroatoms. The Morgan fingerprint density at radius 3 is 0.400 bits per heavy atom. The average molecular weight is 406 g/mol. The van der Waals surface area contributed by atoms with Gasteiger partial charge in [0.1, 0.15) is 0 Å². The largest absolute Gasteiger partial charge is 4.00 e. The van der Waals surface area contributed by atoms with Gasteiger partial charge >= 0.3 is 67.2 Å². The van der Waals surface area contributed by atoms with Gasteiger partial charge in [-0.2, -0.15) is 0 Å². The molecule has 0 heterocycles. The van der Waals surface area contributed by atoms with E-state index in [0.717, 1.165) is 0 Å². The van der Waals surface area contributed by atoms with Crippen molar-refractivity contribution in [2.45, 2.75) is 41.5 Å². The molecule has 0 atom stereocenters. The van der Waals surface area contributed by atoms with Crippen LogP contribution in [-0.4, -0.2) is 85.1 Å². The van der Waals surface area contributed by atoms with Crippen LogP contribution in [0.5, 0.6) is 0 Å². The van der Waals surface area contributed by atoms with Crippen LogP contribution >= 0.6 is 0 Å². The van der Waals surface area contributed by atoms with Gasteiger partial charge in [-0.1, -0.05) is 41.5 Å².